The van der Waals surface area contributed by atoms with Crippen molar-refractivity contribution in [1.29, 1.82) is 0 Å². The Bertz CT molecular complexity index is 1950. The van der Waals surface area contributed by atoms with E-state index in [1.807, 2.05) is 12.1 Å². The molecule has 4 heterocycles. The lowest BCUT2D eigenvalue weighted by Crippen LogP contribution is -2.49. The van der Waals surface area contributed by atoms with E-state index in [4.69, 9.17) is 0 Å². The quantitative estimate of drug-likeness (QED) is 0.152. The van der Waals surface area contributed by atoms with Gasteiger partial charge in [0.25, 0.3) is 11.4 Å². The van der Waals surface area contributed by atoms with Gasteiger partial charge in [0.15, 0.2) is 0 Å². The van der Waals surface area contributed by atoms with Gasteiger partial charge in [-0.05, 0) is 22.3 Å². The number of nitrogens with zero attached hydrogens (tertiary/aromatic N) is 6. The second-order valence-electron chi connectivity index (χ2n) is 12.8. The maximum Gasteiger partial charge on any atom is 0.269 e. The number of fused-ring (bicyclic) bond motifs is 5. The van der Waals surface area contributed by atoms with Gasteiger partial charge in [-0.3, -0.25) is 49.2 Å². The highest BCUT2D eigenvalue weighted by Crippen LogP contribution is 2.59. The van der Waals surface area contributed by atoms with Crippen LogP contribution in [0.5, 0.6) is 0 Å². The third-order valence-electron chi connectivity index (χ3n) is 10.1. The first-order valence-corrected chi connectivity index (χ1v) is 16.0. The zero-order valence-electron chi connectivity index (χ0n) is 26.2. The Hall–Kier alpha value is -6.12. The van der Waals surface area contributed by atoms with Gasteiger partial charge in [0.1, 0.15) is 12.1 Å². The Balaban J connectivity index is 1.31. The summed E-state index contributed by atoms with van der Waals surface area (Å²) in [5.74, 6) is -4.39. The van der Waals surface area contributed by atoms with Gasteiger partial charge < -0.3 is 0 Å². The van der Waals surface area contributed by atoms with Crippen LogP contribution >= 0.6 is 0 Å². The second kappa shape index (κ2) is 11.8. The lowest BCUT2D eigenvalue weighted by Gasteiger charge is -2.35. The number of amides is 4. The number of carbonyl (C=O) groups is 4. The van der Waals surface area contributed by atoms with Gasteiger partial charge in [-0.25, -0.2) is 10.0 Å². The van der Waals surface area contributed by atoms with Gasteiger partial charge in [0.2, 0.25) is 23.6 Å². The van der Waals surface area contributed by atoms with Crippen molar-refractivity contribution in [3.05, 3.63) is 152 Å². The first-order chi connectivity index (χ1) is 24.2. The van der Waals surface area contributed by atoms with Gasteiger partial charge in [-0.2, -0.15) is 0 Å². The Morgan fingerprint density at radius 1 is 0.480 bits per heavy atom. The predicted molar refractivity (Wildman–Crippen MR) is 174 cm³/mol. The third-order valence-corrected chi connectivity index (χ3v) is 10.1. The van der Waals surface area contributed by atoms with Crippen LogP contribution in [0.25, 0.3) is 0 Å². The summed E-state index contributed by atoms with van der Waals surface area (Å²) in [5, 5.41) is 27.0. The molecule has 0 aliphatic carbocycles. The van der Waals surface area contributed by atoms with Crippen molar-refractivity contribution in [3.63, 3.8) is 0 Å². The summed E-state index contributed by atoms with van der Waals surface area (Å²) in [4.78, 5) is 82.8. The number of carbonyl (C=O) groups excluding carboxylic acids is 4. The molecule has 4 aromatic rings. The van der Waals surface area contributed by atoms with Crippen LogP contribution in [0.4, 0.5) is 11.4 Å². The topological polar surface area (TPSA) is 168 Å². The molecule has 0 radical (unpaired) electrons. The summed E-state index contributed by atoms with van der Waals surface area (Å²) in [6.07, 6.45) is 0. The largest absolute Gasteiger partial charge is 0.276 e. The number of hydrogen-bond donors (Lipinski definition) is 0. The van der Waals surface area contributed by atoms with Crippen molar-refractivity contribution in [2.24, 2.45) is 11.8 Å². The molecule has 250 valence electrons. The normalized spacial score (nSPS) is 26.0. The molecule has 0 aromatic heterocycles. The smallest absolute Gasteiger partial charge is 0.269 e. The Morgan fingerprint density at radius 2 is 0.860 bits per heavy atom. The molecule has 4 amide bonds. The molecule has 6 atom stereocenters. The molecule has 4 aliphatic rings. The van der Waals surface area contributed by atoms with E-state index in [0.717, 1.165) is 9.80 Å². The van der Waals surface area contributed by atoms with Crippen molar-refractivity contribution in [2.45, 2.75) is 37.3 Å². The monoisotopic (exact) mass is 672 g/mol. The van der Waals surface area contributed by atoms with Crippen LogP contribution < -0.4 is 0 Å². The maximum atomic E-state index is 14.5. The minimum atomic E-state index is -1.20. The fraction of sp³-hybridized carbons (Fsp3) is 0.222. The number of non-ortho nitro benzene ring substituents is 2. The molecule has 6 unspecified atom stereocenters. The maximum absolute atomic E-state index is 14.5. The van der Waals surface area contributed by atoms with Crippen LogP contribution in [0.1, 0.15) is 34.3 Å². The summed E-state index contributed by atoms with van der Waals surface area (Å²) in [5.41, 5.74) is 1.54. The first-order valence-electron chi connectivity index (χ1n) is 16.0. The highest BCUT2D eigenvalue weighted by atomic mass is 16.6. The standard InChI is InChI=1S/C36H28N6O8/c43-33-27-29(23-13-7-15-25(17-23)41(47)48)40-32-28(34(44)38(36(32)46)20-22-11-5-2-6-12-22)30(24-14-8-16-26(18-24)42(49)50)39(40)31(27)35(45)37(33)19-21-9-3-1-4-10-21/h1-18,27-32H,19-20H2. The molecule has 14 heteroatoms. The summed E-state index contributed by atoms with van der Waals surface area (Å²) >= 11 is 0. The van der Waals surface area contributed by atoms with Gasteiger partial charge in [0.05, 0.1) is 46.9 Å². The van der Waals surface area contributed by atoms with E-state index in [9.17, 15) is 39.4 Å². The van der Waals surface area contributed by atoms with E-state index in [1.165, 1.54) is 36.4 Å². The molecule has 4 aromatic carbocycles. The predicted octanol–water partition coefficient (Wildman–Crippen LogP) is 3.94. The summed E-state index contributed by atoms with van der Waals surface area (Å²) in [6, 6.07) is 24.8. The van der Waals surface area contributed by atoms with E-state index in [1.54, 1.807) is 70.7 Å². The SMILES string of the molecule is O=C1C2C(C(=O)N1Cc1ccccc1)N1C(c3cccc([N+](=O)[O-])c3)C3C(=O)N(Cc4ccccc4)C(=O)C3N1C2c1cccc([N+](=O)[O-])c1. The molecule has 14 nitrogen and oxygen atoms in total. The Kier molecular flexibility index (Phi) is 7.35. The lowest BCUT2D eigenvalue weighted by atomic mass is 9.84. The average Bonchev–Trinajstić information content (AvgIpc) is 3.79. The van der Waals surface area contributed by atoms with Gasteiger partial charge in [-0.1, -0.05) is 84.9 Å². The molecule has 8 rings (SSSR count). The highest BCUT2D eigenvalue weighted by molar-refractivity contribution is 6.10. The van der Waals surface area contributed by atoms with E-state index in [0.29, 0.717) is 22.3 Å². The zero-order valence-corrected chi connectivity index (χ0v) is 26.2. The summed E-state index contributed by atoms with van der Waals surface area (Å²) in [7, 11) is 0. The first kappa shape index (κ1) is 31.2. The minimum absolute atomic E-state index is 0.0297. The molecule has 0 N–H and O–H groups in total. The number of imide groups is 2. The molecule has 50 heavy (non-hydrogen) atoms. The van der Waals surface area contributed by atoms with Crippen molar-refractivity contribution < 1.29 is 29.0 Å². The van der Waals surface area contributed by atoms with Crippen LogP contribution in [0.2, 0.25) is 0 Å². The van der Waals surface area contributed by atoms with Crippen LogP contribution in [-0.4, -0.2) is 65.4 Å². The van der Waals surface area contributed by atoms with Crippen molar-refractivity contribution in [2.75, 3.05) is 0 Å². The molecular formula is C36H28N6O8. The van der Waals surface area contributed by atoms with Crippen LogP contribution in [0.15, 0.2) is 109 Å². The Labute approximate surface area is 284 Å². The summed E-state index contributed by atoms with van der Waals surface area (Å²) < 4.78 is 0. The van der Waals surface area contributed by atoms with E-state index < -0.39 is 69.5 Å². The van der Waals surface area contributed by atoms with Gasteiger partial charge in [-0.15, -0.1) is 0 Å². The number of nitro benzene ring substituents is 2. The minimum Gasteiger partial charge on any atom is -0.276 e. The van der Waals surface area contributed by atoms with Gasteiger partial charge in [0, 0.05) is 24.3 Å². The second-order valence-corrected chi connectivity index (χ2v) is 12.8. The van der Waals surface area contributed by atoms with Crippen LogP contribution in [0.3, 0.4) is 0 Å². The molecule has 4 saturated heterocycles. The van der Waals surface area contributed by atoms with Gasteiger partial charge >= 0.3 is 0 Å². The van der Waals surface area contributed by atoms with Crippen LogP contribution in [-0.2, 0) is 32.3 Å². The number of hydrogen-bond acceptors (Lipinski definition) is 10. The van der Waals surface area contributed by atoms with E-state index in [-0.39, 0.29) is 24.5 Å². The van der Waals surface area contributed by atoms with Crippen molar-refractivity contribution >= 4 is 35.0 Å². The van der Waals surface area contributed by atoms with Crippen LogP contribution in [0, 0.1) is 32.1 Å². The van der Waals surface area contributed by atoms with E-state index in [2.05, 4.69) is 0 Å². The number of nitro groups is 2. The number of likely N-dealkylation sites (tertiary alicyclic amines) is 2. The average molecular weight is 673 g/mol. The summed E-state index contributed by atoms with van der Waals surface area (Å²) in [6.45, 7) is -0.0594. The Morgan fingerprint density at radius 3 is 1.22 bits per heavy atom. The number of benzene rings is 4. The lowest BCUT2D eigenvalue weighted by molar-refractivity contribution is -0.385. The number of hydrazine groups is 1. The van der Waals surface area contributed by atoms with E-state index >= 15 is 0 Å². The highest BCUT2D eigenvalue weighted by Gasteiger charge is 2.73. The molecule has 4 fully saturated rings. The molecular weight excluding hydrogens is 644 g/mol. The number of rotatable bonds is 8. The molecule has 0 bridgehead atoms. The van der Waals surface area contributed by atoms with Crippen molar-refractivity contribution in [3.8, 4) is 0 Å². The molecule has 4 aliphatic heterocycles. The molecule has 0 spiro atoms. The van der Waals surface area contributed by atoms with Crippen molar-refractivity contribution in [1.82, 2.24) is 19.8 Å². The fourth-order valence-electron chi connectivity index (χ4n) is 8.10. The molecule has 0 saturated carbocycles. The zero-order chi connectivity index (χ0) is 34.8. The fourth-order valence-corrected chi connectivity index (χ4v) is 8.10. The third kappa shape index (κ3) is 4.71.